The summed E-state index contributed by atoms with van der Waals surface area (Å²) in [7, 11) is 0. The zero-order chi connectivity index (χ0) is 14.8. The quantitative estimate of drug-likeness (QED) is 0.628. The Labute approximate surface area is 128 Å². The molecule has 0 N–H and O–H groups in total. The van der Waals surface area contributed by atoms with Crippen molar-refractivity contribution < 1.29 is 9.59 Å². The van der Waals surface area contributed by atoms with Gasteiger partial charge >= 0.3 is 0 Å². The van der Waals surface area contributed by atoms with Crippen LogP contribution in [0.5, 0.6) is 0 Å². The van der Waals surface area contributed by atoms with Crippen LogP contribution in [0.15, 0.2) is 0 Å². The number of ketones is 2. The molecule has 0 aromatic rings. The van der Waals surface area contributed by atoms with Crippen LogP contribution in [-0.2, 0) is 9.59 Å². The van der Waals surface area contributed by atoms with Crippen molar-refractivity contribution in [1.29, 1.82) is 0 Å². The number of fused-ring (bicyclic) bond motifs is 5. The standard InChI is InChI=1S/C19H28O2/c1-18-9-7-13(20)11-12(18)3-4-14-15-5-6-17(21)19(15,2)10-8-16(14)18/h12,14-16H,3-11H2,1-2H3/t12?,14-,15-,16-,18-,19-/m0/s1/i7+1,11+1,13+1. The molecule has 0 spiro atoms. The highest BCUT2D eigenvalue weighted by Gasteiger charge is 2.60. The van der Waals surface area contributed by atoms with Gasteiger partial charge in [0.1, 0.15) is 11.6 Å². The smallest absolute Gasteiger partial charge is 0.139 e. The Kier molecular flexibility index (Phi) is 2.94. The maximum Gasteiger partial charge on any atom is 0.139 e. The molecule has 4 fully saturated rings. The van der Waals surface area contributed by atoms with Crippen LogP contribution in [0, 0.1) is 34.5 Å². The molecular formula is C19H28O2. The van der Waals surface area contributed by atoms with Gasteiger partial charge < -0.3 is 0 Å². The minimum atomic E-state index is -0.00511. The summed E-state index contributed by atoms with van der Waals surface area (Å²) >= 11 is 0. The Morgan fingerprint density at radius 1 is 0.905 bits per heavy atom. The van der Waals surface area contributed by atoms with Crippen LogP contribution >= 0.6 is 0 Å². The van der Waals surface area contributed by atoms with E-state index in [2.05, 4.69) is 13.8 Å². The molecule has 4 aliphatic carbocycles. The Hall–Kier alpha value is -0.660. The first kappa shape index (κ1) is 14.0. The first-order chi connectivity index (χ1) is 9.95. The third-order valence-corrected chi connectivity index (χ3v) is 8.19. The van der Waals surface area contributed by atoms with Gasteiger partial charge in [0.15, 0.2) is 0 Å². The van der Waals surface area contributed by atoms with Crippen molar-refractivity contribution in [2.75, 3.05) is 0 Å². The molecule has 0 aromatic carbocycles. The second-order valence-corrected chi connectivity index (χ2v) is 8.82. The van der Waals surface area contributed by atoms with Crippen LogP contribution in [-0.4, -0.2) is 11.6 Å². The van der Waals surface area contributed by atoms with Gasteiger partial charge in [-0.1, -0.05) is 13.8 Å². The van der Waals surface area contributed by atoms with Crippen LogP contribution in [0.2, 0.25) is 0 Å². The van der Waals surface area contributed by atoms with Crippen LogP contribution < -0.4 is 0 Å². The van der Waals surface area contributed by atoms with E-state index in [-0.39, 0.29) is 5.41 Å². The number of carbonyl (C=O) groups excluding carboxylic acids is 2. The molecule has 0 bridgehead atoms. The van der Waals surface area contributed by atoms with Gasteiger partial charge in [-0.15, -0.1) is 0 Å². The zero-order valence-corrected chi connectivity index (χ0v) is 13.5. The Morgan fingerprint density at radius 2 is 1.71 bits per heavy atom. The zero-order valence-electron chi connectivity index (χ0n) is 13.5. The van der Waals surface area contributed by atoms with Gasteiger partial charge in [0, 0.05) is 24.7 Å². The predicted octanol–water partition coefficient (Wildman–Crippen LogP) is 4.17. The molecule has 4 saturated carbocycles. The fourth-order valence-electron chi connectivity index (χ4n) is 6.82. The van der Waals surface area contributed by atoms with E-state index in [0.717, 1.165) is 50.4 Å². The van der Waals surface area contributed by atoms with Crippen molar-refractivity contribution in [3.63, 3.8) is 0 Å². The summed E-state index contributed by atoms with van der Waals surface area (Å²) < 4.78 is 0. The first-order valence-corrected chi connectivity index (χ1v) is 9.00. The normalized spacial score (nSPS) is 53.0. The highest BCUT2D eigenvalue weighted by atomic mass is 16.2. The molecule has 4 aliphatic rings. The lowest BCUT2D eigenvalue weighted by Gasteiger charge is -2.59. The molecule has 21 heavy (non-hydrogen) atoms. The lowest BCUT2D eigenvalue weighted by atomic mass is 9.48. The number of hydrogen-bond donors (Lipinski definition) is 0. The summed E-state index contributed by atoms with van der Waals surface area (Å²) in [5.74, 6) is 3.82. The van der Waals surface area contributed by atoms with Gasteiger partial charge in [0.25, 0.3) is 0 Å². The second kappa shape index (κ2) is 4.43. The molecule has 2 nitrogen and oxygen atoms in total. The Balaban J connectivity index is 1.65. The third kappa shape index (κ3) is 1.77. The van der Waals surface area contributed by atoms with Crippen molar-refractivity contribution in [3.05, 3.63) is 0 Å². The second-order valence-electron chi connectivity index (χ2n) is 8.82. The van der Waals surface area contributed by atoms with E-state index in [1.807, 2.05) is 0 Å². The summed E-state index contributed by atoms with van der Waals surface area (Å²) in [6.45, 7) is 4.72. The summed E-state index contributed by atoms with van der Waals surface area (Å²) in [6.07, 6.45) is 9.53. The number of rotatable bonds is 0. The van der Waals surface area contributed by atoms with E-state index < -0.39 is 0 Å². The molecule has 0 heterocycles. The minimum absolute atomic E-state index is 0.00511. The summed E-state index contributed by atoms with van der Waals surface area (Å²) in [6, 6.07) is 0. The maximum atomic E-state index is 12.4. The number of hydrogen-bond acceptors (Lipinski definition) is 2. The predicted molar refractivity (Wildman–Crippen MR) is 81.7 cm³/mol. The number of carbonyl (C=O) groups is 2. The first-order valence-electron chi connectivity index (χ1n) is 9.00. The Bertz CT molecular complexity index is 496. The maximum absolute atomic E-state index is 12.4. The van der Waals surface area contributed by atoms with Gasteiger partial charge in [0.05, 0.1) is 0 Å². The van der Waals surface area contributed by atoms with E-state index in [9.17, 15) is 9.59 Å². The average molecular weight is 291 g/mol. The fraction of sp³-hybridized carbons (Fsp3) is 0.895. The van der Waals surface area contributed by atoms with Gasteiger partial charge in [0.2, 0.25) is 0 Å². The molecular weight excluding hydrogens is 263 g/mol. The van der Waals surface area contributed by atoms with Crippen LogP contribution in [0.4, 0.5) is 0 Å². The van der Waals surface area contributed by atoms with E-state index in [4.69, 9.17) is 0 Å². The van der Waals surface area contributed by atoms with Crippen molar-refractivity contribution >= 4 is 11.6 Å². The highest BCUT2D eigenvalue weighted by Crippen LogP contribution is 2.65. The van der Waals surface area contributed by atoms with Gasteiger partial charge in [-0.25, -0.2) is 0 Å². The summed E-state index contributed by atoms with van der Waals surface area (Å²) in [5.41, 5.74) is 0.374. The van der Waals surface area contributed by atoms with Crippen LogP contribution in [0.25, 0.3) is 0 Å². The van der Waals surface area contributed by atoms with E-state index in [1.54, 1.807) is 0 Å². The molecule has 6 atom stereocenters. The molecule has 2 heteroatoms. The molecule has 0 saturated heterocycles. The van der Waals surface area contributed by atoms with Gasteiger partial charge in [-0.05, 0) is 67.6 Å². The topological polar surface area (TPSA) is 34.1 Å². The van der Waals surface area contributed by atoms with E-state index in [1.165, 1.54) is 19.3 Å². The summed E-state index contributed by atoms with van der Waals surface area (Å²) in [5, 5.41) is 0. The van der Waals surface area contributed by atoms with E-state index >= 15 is 0 Å². The molecule has 0 aliphatic heterocycles. The monoisotopic (exact) mass is 291 g/mol. The van der Waals surface area contributed by atoms with Crippen molar-refractivity contribution in [1.82, 2.24) is 0 Å². The molecule has 4 rings (SSSR count). The fourth-order valence-corrected chi connectivity index (χ4v) is 6.82. The lowest BCUT2D eigenvalue weighted by Crippen LogP contribution is -2.53. The van der Waals surface area contributed by atoms with Crippen molar-refractivity contribution in [2.24, 2.45) is 34.5 Å². The average Bonchev–Trinajstić information content (AvgIpc) is 2.76. The van der Waals surface area contributed by atoms with Gasteiger partial charge in [-0.3, -0.25) is 9.59 Å². The van der Waals surface area contributed by atoms with Crippen LogP contribution in [0.3, 0.4) is 0 Å². The molecule has 0 aromatic heterocycles. The highest BCUT2D eigenvalue weighted by molar-refractivity contribution is 5.87. The molecule has 1 unspecified atom stereocenters. The van der Waals surface area contributed by atoms with Crippen molar-refractivity contribution in [2.45, 2.75) is 71.6 Å². The van der Waals surface area contributed by atoms with E-state index in [0.29, 0.717) is 28.8 Å². The molecule has 0 radical (unpaired) electrons. The Morgan fingerprint density at radius 3 is 2.52 bits per heavy atom. The summed E-state index contributed by atoms with van der Waals surface area (Å²) in [4.78, 5) is 24.2. The van der Waals surface area contributed by atoms with Gasteiger partial charge in [-0.2, -0.15) is 0 Å². The number of Topliss-reactive ketones (excluding diaryl/α,β-unsaturated/α-hetero) is 2. The minimum Gasteiger partial charge on any atom is -0.300 e. The molecule has 0 amide bonds. The third-order valence-electron chi connectivity index (χ3n) is 8.19. The molecule has 116 valence electrons. The SMILES string of the molecule is C[C@]12C[13CH2][13C](=O)[13CH2]C1CC[C@@H]1[C@@H]2CC[C@]2(C)C(=O)CC[C@@H]12. The van der Waals surface area contributed by atoms with Crippen molar-refractivity contribution in [3.8, 4) is 0 Å². The lowest BCUT2D eigenvalue weighted by molar-refractivity contribution is -0.144. The largest absolute Gasteiger partial charge is 0.300 e. The van der Waals surface area contributed by atoms with Crippen LogP contribution in [0.1, 0.15) is 71.6 Å².